The molecule has 0 spiro atoms. The van der Waals surface area contributed by atoms with Gasteiger partial charge >= 0.3 is 5.97 Å². The molecule has 0 radical (unpaired) electrons. The molecule has 0 unspecified atom stereocenters. The molecule has 4 rings (SSSR count). The molecule has 1 aliphatic heterocycles. The van der Waals surface area contributed by atoms with Crippen LogP contribution in [0.15, 0.2) is 51.4 Å². The molecule has 32 heavy (non-hydrogen) atoms. The zero-order valence-electron chi connectivity index (χ0n) is 17.3. The molecule has 1 aliphatic rings. The van der Waals surface area contributed by atoms with Gasteiger partial charge in [-0.05, 0) is 11.6 Å². The lowest BCUT2D eigenvalue weighted by atomic mass is 10.2. The minimum atomic E-state index is -3.73. The van der Waals surface area contributed by atoms with Gasteiger partial charge in [0.1, 0.15) is 9.90 Å². The van der Waals surface area contributed by atoms with Crippen LogP contribution >= 0.6 is 22.7 Å². The molecule has 0 bridgehead atoms. The smallest absolute Gasteiger partial charge is 0.338 e. The minimum absolute atomic E-state index is 0.0859. The number of ether oxygens (including phenoxy) is 1. The van der Waals surface area contributed by atoms with Gasteiger partial charge in [-0.15, -0.1) is 22.7 Å². The molecule has 2 aromatic heterocycles. The number of aromatic nitrogens is 1. The monoisotopic (exact) mass is 491 g/mol. The molecular formula is C21H21N3O5S3. The number of rotatable bonds is 6. The van der Waals surface area contributed by atoms with E-state index >= 15 is 0 Å². The molecule has 0 N–H and O–H groups in total. The highest BCUT2D eigenvalue weighted by molar-refractivity contribution is 7.91. The lowest BCUT2D eigenvalue weighted by Crippen LogP contribution is -2.50. The normalized spacial score (nSPS) is 15.0. The summed E-state index contributed by atoms with van der Waals surface area (Å²) in [5.41, 5.74) is 1.72. The SMILES string of the molecule is COC(=O)c1csc(S(=O)(=O)N2CCN(C(=O)c3csc(Cc4ccccc4)n3)CC2)c1. The number of sulfonamides is 1. The average Bonchev–Trinajstić information content (AvgIpc) is 3.49. The summed E-state index contributed by atoms with van der Waals surface area (Å²) in [6.45, 7) is 0.915. The first-order chi connectivity index (χ1) is 15.4. The summed E-state index contributed by atoms with van der Waals surface area (Å²) in [6, 6.07) is 11.3. The Morgan fingerprint density at radius 2 is 1.78 bits per heavy atom. The molecule has 1 amide bonds. The molecule has 0 saturated carbocycles. The van der Waals surface area contributed by atoms with Crippen LogP contribution in [0.3, 0.4) is 0 Å². The van der Waals surface area contributed by atoms with E-state index in [1.165, 1.54) is 34.2 Å². The summed E-state index contributed by atoms with van der Waals surface area (Å²) >= 11 is 2.43. The molecule has 1 aromatic carbocycles. The molecular weight excluding hydrogens is 470 g/mol. The number of esters is 1. The van der Waals surface area contributed by atoms with Gasteiger partial charge in [0.25, 0.3) is 15.9 Å². The van der Waals surface area contributed by atoms with Gasteiger partial charge in [0.05, 0.1) is 17.7 Å². The summed E-state index contributed by atoms with van der Waals surface area (Å²) in [4.78, 5) is 30.6. The van der Waals surface area contributed by atoms with E-state index in [4.69, 9.17) is 0 Å². The molecule has 168 valence electrons. The third-order valence-electron chi connectivity index (χ3n) is 5.09. The van der Waals surface area contributed by atoms with Crippen LogP contribution in [0.2, 0.25) is 0 Å². The molecule has 0 atom stereocenters. The number of thiazole rings is 1. The summed E-state index contributed by atoms with van der Waals surface area (Å²) < 4.78 is 31.9. The molecule has 1 fully saturated rings. The van der Waals surface area contributed by atoms with E-state index in [-0.39, 0.29) is 41.9 Å². The average molecular weight is 492 g/mol. The van der Waals surface area contributed by atoms with Crippen molar-refractivity contribution in [2.75, 3.05) is 33.3 Å². The molecule has 8 nitrogen and oxygen atoms in total. The highest BCUT2D eigenvalue weighted by Gasteiger charge is 2.32. The quantitative estimate of drug-likeness (QED) is 0.492. The number of hydrogen-bond acceptors (Lipinski definition) is 8. The second-order valence-corrected chi connectivity index (χ2v) is 11.1. The molecule has 11 heteroatoms. The van der Waals surface area contributed by atoms with E-state index < -0.39 is 16.0 Å². The second-order valence-electron chi connectivity index (χ2n) is 7.13. The van der Waals surface area contributed by atoms with Crippen molar-refractivity contribution in [3.8, 4) is 0 Å². The summed E-state index contributed by atoms with van der Waals surface area (Å²) in [7, 11) is -2.49. The number of piperazine rings is 1. The van der Waals surface area contributed by atoms with E-state index in [0.717, 1.165) is 21.9 Å². The highest BCUT2D eigenvalue weighted by atomic mass is 32.2. The van der Waals surface area contributed by atoms with Crippen LogP contribution in [0, 0.1) is 0 Å². The first kappa shape index (κ1) is 22.6. The Morgan fingerprint density at radius 3 is 2.47 bits per heavy atom. The maximum Gasteiger partial charge on any atom is 0.338 e. The fourth-order valence-corrected chi connectivity index (χ4v) is 6.88. The van der Waals surface area contributed by atoms with Gasteiger partial charge in [0, 0.05) is 43.4 Å². The maximum atomic E-state index is 12.9. The summed E-state index contributed by atoms with van der Waals surface area (Å²) in [6.07, 6.45) is 0.666. The van der Waals surface area contributed by atoms with Crippen molar-refractivity contribution < 1.29 is 22.7 Å². The van der Waals surface area contributed by atoms with E-state index in [2.05, 4.69) is 9.72 Å². The minimum Gasteiger partial charge on any atom is -0.465 e. The standard InChI is InChI=1S/C21H21N3O5S3/c1-29-21(26)16-12-19(31-13-16)32(27,28)24-9-7-23(8-10-24)20(25)17-14-30-18(22-17)11-15-5-3-2-4-6-15/h2-6,12-14H,7-11H2,1H3. The van der Waals surface area contributed by atoms with Gasteiger partial charge in [0.2, 0.25) is 0 Å². The largest absolute Gasteiger partial charge is 0.465 e. The van der Waals surface area contributed by atoms with E-state index in [1.54, 1.807) is 10.3 Å². The molecule has 0 aliphatic carbocycles. The van der Waals surface area contributed by atoms with Crippen LogP contribution in [0.4, 0.5) is 0 Å². The maximum absolute atomic E-state index is 12.9. The first-order valence-electron chi connectivity index (χ1n) is 9.83. The van der Waals surface area contributed by atoms with Gasteiger partial charge < -0.3 is 9.64 Å². The number of amides is 1. The molecule has 3 aromatic rings. The Labute approximate surface area is 194 Å². The van der Waals surface area contributed by atoms with Gasteiger partial charge in [-0.3, -0.25) is 4.79 Å². The fourth-order valence-electron chi connectivity index (χ4n) is 3.36. The van der Waals surface area contributed by atoms with Crippen LogP contribution in [0.25, 0.3) is 0 Å². The zero-order valence-corrected chi connectivity index (χ0v) is 19.7. The van der Waals surface area contributed by atoms with Gasteiger partial charge in [-0.1, -0.05) is 30.3 Å². The number of thiophene rings is 1. The van der Waals surface area contributed by atoms with E-state index in [1.807, 2.05) is 30.3 Å². The third kappa shape index (κ3) is 4.75. The van der Waals surface area contributed by atoms with Crippen molar-refractivity contribution in [1.29, 1.82) is 0 Å². The number of benzene rings is 1. The van der Waals surface area contributed by atoms with Gasteiger partial charge in [-0.25, -0.2) is 18.2 Å². The van der Waals surface area contributed by atoms with Crippen molar-refractivity contribution in [3.05, 3.63) is 69.0 Å². The van der Waals surface area contributed by atoms with Gasteiger partial charge in [-0.2, -0.15) is 4.31 Å². The van der Waals surface area contributed by atoms with E-state index in [9.17, 15) is 18.0 Å². The van der Waals surface area contributed by atoms with Crippen molar-refractivity contribution in [1.82, 2.24) is 14.2 Å². The number of carbonyl (C=O) groups excluding carboxylic acids is 2. The van der Waals surface area contributed by atoms with Gasteiger partial charge in [0.15, 0.2) is 0 Å². The number of nitrogens with zero attached hydrogens (tertiary/aromatic N) is 3. The molecule has 1 saturated heterocycles. The Morgan fingerprint density at radius 1 is 1.06 bits per heavy atom. The van der Waals surface area contributed by atoms with E-state index in [0.29, 0.717) is 12.1 Å². The third-order valence-corrected chi connectivity index (χ3v) is 9.25. The lowest BCUT2D eigenvalue weighted by Gasteiger charge is -2.33. The number of methoxy groups -OCH3 is 1. The Bertz CT molecular complexity index is 1210. The van der Waals surface area contributed by atoms with Crippen LogP contribution in [-0.2, 0) is 21.2 Å². The predicted octanol–water partition coefficient (Wildman–Crippen LogP) is 2.73. The van der Waals surface area contributed by atoms with Crippen molar-refractivity contribution in [3.63, 3.8) is 0 Å². The lowest BCUT2D eigenvalue weighted by molar-refractivity contribution is 0.0600. The topological polar surface area (TPSA) is 96.9 Å². The van der Waals surface area contributed by atoms with Crippen molar-refractivity contribution in [2.24, 2.45) is 0 Å². The van der Waals surface area contributed by atoms with Crippen LogP contribution in [0.5, 0.6) is 0 Å². The Hall–Kier alpha value is -2.60. The first-order valence-corrected chi connectivity index (χ1v) is 13.0. The van der Waals surface area contributed by atoms with Crippen LogP contribution in [-0.4, -0.2) is 67.8 Å². The highest BCUT2D eigenvalue weighted by Crippen LogP contribution is 2.26. The van der Waals surface area contributed by atoms with Crippen LogP contribution < -0.4 is 0 Å². The summed E-state index contributed by atoms with van der Waals surface area (Å²) in [5, 5.41) is 4.08. The Balaban J connectivity index is 1.37. The van der Waals surface area contributed by atoms with Crippen molar-refractivity contribution in [2.45, 2.75) is 10.6 Å². The zero-order chi connectivity index (χ0) is 22.7. The summed E-state index contributed by atoms with van der Waals surface area (Å²) in [5.74, 6) is -0.769. The second kappa shape index (κ2) is 9.49. The fraction of sp³-hybridized carbons (Fsp3) is 0.286. The number of carbonyl (C=O) groups is 2. The number of hydrogen-bond donors (Lipinski definition) is 0. The van der Waals surface area contributed by atoms with Crippen molar-refractivity contribution >= 4 is 44.6 Å². The van der Waals surface area contributed by atoms with Crippen LogP contribution in [0.1, 0.15) is 31.4 Å². The predicted molar refractivity (Wildman–Crippen MR) is 122 cm³/mol. The molecule has 3 heterocycles. The Kier molecular flexibility index (Phi) is 6.70.